The van der Waals surface area contributed by atoms with Crippen LogP contribution in [-0.4, -0.2) is 22.8 Å². The fraction of sp³-hybridized carbons (Fsp3) is 0.467. The molecule has 2 aromatic rings. The molecule has 1 aromatic heterocycles. The predicted octanol–water partition coefficient (Wildman–Crippen LogP) is 3.05. The number of aromatic nitrogens is 2. The molecule has 0 aliphatic rings. The van der Waals surface area contributed by atoms with Crippen molar-refractivity contribution in [1.29, 1.82) is 0 Å². The summed E-state index contributed by atoms with van der Waals surface area (Å²) >= 11 is 1.51. The molecule has 0 fully saturated rings. The SMILES string of the molecule is CC(C)NCc1nnc(OCCCc2ccccc2)s1. The van der Waals surface area contributed by atoms with Crippen LogP contribution in [0.4, 0.5) is 0 Å². The van der Waals surface area contributed by atoms with Gasteiger partial charge in [-0.15, -0.1) is 10.2 Å². The second-order valence-electron chi connectivity index (χ2n) is 4.93. The zero-order valence-electron chi connectivity index (χ0n) is 12.0. The van der Waals surface area contributed by atoms with Crippen molar-refractivity contribution in [2.24, 2.45) is 0 Å². The molecule has 1 N–H and O–H groups in total. The number of ether oxygens (including phenoxy) is 1. The molecule has 0 saturated carbocycles. The van der Waals surface area contributed by atoms with Crippen molar-refractivity contribution in [1.82, 2.24) is 15.5 Å². The van der Waals surface area contributed by atoms with Gasteiger partial charge in [-0.3, -0.25) is 0 Å². The molecule has 0 radical (unpaired) electrons. The van der Waals surface area contributed by atoms with E-state index in [1.165, 1.54) is 16.9 Å². The summed E-state index contributed by atoms with van der Waals surface area (Å²) in [5.74, 6) is 0. The molecule has 20 heavy (non-hydrogen) atoms. The van der Waals surface area contributed by atoms with Gasteiger partial charge < -0.3 is 10.1 Å². The maximum absolute atomic E-state index is 5.63. The van der Waals surface area contributed by atoms with Crippen LogP contribution in [0.2, 0.25) is 0 Å². The van der Waals surface area contributed by atoms with Crippen molar-refractivity contribution < 1.29 is 4.74 Å². The van der Waals surface area contributed by atoms with E-state index in [0.29, 0.717) is 17.8 Å². The summed E-state index contributed by atoms with van der Waals surface area (Å²) < 4.78 is 5.63. The lowest BCUT2D eigenvalue weighted by Crippen LogP contribution is -2.21. The average molecular weight is 291 g/mol. The van der Waals surface area contributed by atoms with Crippen LogP contribution in [0.1, 0.15) is 30.8 Å². The Morgan fingerprint density at radius 2 is 2.00 bits per heavy atom. The molecule has 1 aromatic carbocycles. The van der Waals surface area contributed by atoms with E-state index in [1.54, 1.807) is 0 Å². The molecule has 5 heteroatoms. The number of hydrogen-bond acceptors (Lipinski definition) is 5. The van der Waals surface area contributed by atoms with E-state index >= 15 is 0 Å². The monoisotopic (exact) mass is 291 g/mol. The number of aryl methyl sites for hydroxylation is 1. The van der Waals surface area contributed by atoms with E-state index in [9.17, 15) is 0 Å². The summed E-state index contributed by atoms with van der Waals surface area (Å²) in [5.41, 5.74) is 1.34. The van der Waals surface area contributed by atoms with Crippen LogP contribution in [0.25, 0.3) is 0 Å². The topological polar surface area (TPSA) is 47.0 Å². The minimum absolute atomic E-state index is 0.453. The molecule has 0 aliphatic heterocycles. The molecule has 0 spiro atoms. The van der Waals surface area contributed by atoms with Crippen LogP contribution in [-0.2, 0) is 13.0 Å². The first-order valence-corrected chi connectivity index (χ1v) is 7.78. The zero-order chi connectivity index (χ0) is 14.2. The summed E-state index contributed by atoms with van der Waals surface area (Å²) in [6.45, 7) is 5.66. The Morgan fingerprint density at radius 1 is 1.20 bits per heavy atom. The maximum Gasteiger partial charge on any atom is 0.294 e. The van der Waals surface area contributed by atoms with Crippen molar-refractivity contribution in [2.45, 2.75) is 39.3 Å². The van der Waals surface area contributed by atoms with Gasteiger partial charge in [-0.1, -0.05) is 55.5 Å². The quantitative estimate of drug-likeness (QED) is 0.759. The molecular weight excluding hydrogens is 270 g/mol. The lowest BCUT2D eigenvalue weighted by Gasteiger charge is -2.04. The first kappa shape index (κ1) is 14.9. The molecule has 4 nitrogen and oxygen atoms in total. The molecule has 0 bridgehead atoms. The van der Waals surface area contributed by atoms with Gasteiger partial charge in [-0.2, -0.15) is 0 Å². The minimum atomic E-state index is 0.453. The predicted molar refractivity (Wildman–Crippen MR) is 82.1 cm³/mol. The Bertz CT molecular complexity index is 499. The first-order chi connectivity index (χ1) is 9.74. The molecule has 0 unspecified atom stereocenters. The fourth-order valence-electron chi connectivity index (χ4n) is 1.74. The van der Waals surface area contributed by atoms with Crippen LogP contribution in [0.5, 0.6) is 5.19 Å². The van der Waals surface area contributed by atoms with Crippen LogP contribution in [0, 0.1) is 0 Å². The number of nitrogens with zero attached hydrogens (tertiary/aromatic N) is 2. The smallest absolute Gasteiger partial charge is 0.294 e. The van der Waals surface area contributed by atoms with Crippen molar-refractivity contribution in [2.75, 3.05) is 6.61 Å². The van der Waals surface area contributed by atoms with Gasteiger partial charge in [0.1, 0.15) is 5.01 Å². The second kappa shape index (κ2) is 7.97. The highest BCUT2D eigenvalue weighted by Gasteiger charge is 2.05. The molecule has 0 amide bonds. The molecule has 2 rings (SSSR count). The van der Waals surface area contributed by atoms with Crippen molar-refractivity contribution in [3.05, 3.63) is 40.9 Å². The van der Waals surface area contributed by atoms with Gasteiger partial charge in [0.25, 0.3) is 5.19 Å². The first-order valence-electron chi connectivity index (χ1n) is 6.96. The van der Waals surface area contributed by atoms with Gasteiger partial charge in [-0.05, 0) is 18.4 Å². The maximum atomic E-state index is 5.63. The zero-order valence-corrected chi connectivity index (χ0v) is 12.8. The Hall–Kier alpha value is -1.46. The van der Waals surface area contributed by atoms with Gasteiger partial charge in [0.2, 0.25) is 0 Å². The van der Waals surface area contributed by atoms with Crippen LogP contribution >= 0.6 is 11.3 Å². The highest BCUT2D eigenvalue weighted by atomic mass is 32.1. The third kappa shape index (κ3) is 5.27. The van der Waals surface area contributed by atoms with E-state index in [2.05, 4.69) is 53.6 Å². The van der Waals surface area contributed by atoms with Crippen LogP contribution in [0.15, 0.2) is 30.3 Å². The summed E-state index contributed by atoms with van der Waals surface area (Å²) in [6, 6.07) is 10.9. The van der Waals surface area contributed by atoms with E-state index < -0.39 is 0 Å². The molecule has 0 saturated heterocycles. The minimum Gasteiger partial charge on any atom is -0.469 e. The molecule has 0 aliphatic carbocycles. The molecule has 108 valence electrons. The third-order valence-corrected chi connectivity index (χ3v) is 3.62. The van der Waals surface area contributed by atoms with E-state index in [4.69, 9.17) is 4.74 Å². The standard InChI is InChI=1S/C15H21N3OS/c1-12(2)16-11-14-17-18-15(20-14)19-10-6-9-13-7-4-3-5-8-13/h3-5,7-8,12,16H,6,9-11H2,1-2H3. The molecular formula is C15H21N3OS. The number of benzene rings is 1. The number of rotatable bonds is 8. The summed E-state index contributed by atoms with van der Waals surface area (Å²) in [6.07, 6.45) is 2.02. The summed E-state index contributed by atoms with van der Waals surface area (Å²) in [5, 5.41) is 13.1. The van der Waals surface area contributed by atoms with Gasteiger partial charge >= 0.3 is 0 Å². The highest BCUT2D eigenvalue weighted by Crippen LogP contribution is 2.18. The molecule has 0 atom stereocenters. The van der Waals surface area contributed by atoms with Crippen LogP contribution < -0.4 is 10.1 Å². The fourth-order valence-corrected chi connectivity index (χ4v) is 2.40. The molecule has 1 heterocycles. The normalized spacial score (nSPS) is 10.9. The van der Waals surface area contributed by atoms with E-state index in [-0.39, 0.29) is 0 Å². The number of hydrogen-bond donors (Lipinski definition) is 1. The average Bonchev–Trinajstić information content (AvgIpc) is 2.90. The Balaban J connectivity index is 1.67. The largest absolute Gasteiger partial charge is 0.469 e. The van der Waals surface area contributed by atoms with E-state index in [1.807, 2.05) is 6.07 Å². The van der Waals surface area contributed by atoms with Crippen molar-refractivity contribution in [3.8, 4) is 5.19 Å². The highest BCUT2D eigenvalue weighted by molar-refractivity contribution is 7.13. The summed E-state index contributed by atoms with van der Waals surface area (Å²) in [7, 11) is 0. The lowest BCUT2D eigenvalue weighted by atomic mass is 10.1. The van der Waals surface area contributed by atoms with Crippen molar-refractivity contribution >= 4 is 11.3 Å². The summed E-state index contributed by atoms with van der Waals surface area (Å²) in [4.78, 5) is 0. The van der Waals surface area contributed by atoms with Gasteiger partial charge in [0.05, 0.1) is 13.2 Å². The Morgan fingerprint density at radius 3 is 2.75 bits per heavy atom. The third-order valence-electron chi connectivity index (χ3n) is 2.79. The van der Waals surface area contributed by atoms with Crippen molar-refractivity contribution in [3.63, 3.8) is 0 Å². The van der Waals surface area contributed by atoms with Crippen LogP contribution in [0.3, 0.4) is 0 Å². The van der Waals surface area contributed by atoms with E-state index in [0.717, 1.165) is 24.4 Å². The Labute approximate surface area is 124 Å². The lowest BCUT2D eigenvalue weighted by molar-refractivity contribution is 0.307. The second-order valence-corrected chi connectivity index (χ2v) is 5.96. The van der Waals surface area contributed by atoms with Gasteiger partial charge in [0, 0.05) is 6.04 Å². The van der Waals surface area contributed by atoms with Gasteiger partial charge in [-0.25, -0.2) is 0 Å². The Kier molecular flexibility index (Phi) is 5.95. The number of nitrogens with one attached hydrogen (secondary N) is 1. The van der Waals surface area contributed by atoms with Gasteiger partial charge in [0.15, 0.2) is 0 Å².